The second-order valence-corrected chi connectivity index (χ2v) is 16.2. The summed E-state index contributed by atoms with van der Waals surface area (Å²) in [5.41, 5.74) is 1.85. The van der Waals surface area contributed by atoms with E-state index in [1.807, 2.05) is 6.66 Å². The van der Waals surface area contributed by atoms with Crippen molar-refractivity contribution in [3.63, 3.8) is 0 Å². The Morgan fingerprint density at radius 3 is 2.20 bits per heavy atom. The molecule has 13 nitrogen and oxygen atoms in total. The van der Waals surface area contributed by atoms with Crippen LogP contribution < -0.4 is 10.2 Å². The summed E-state index contributed by atoms with van der Waals surface area (Å²) < 4.78 is 90.5. The number of aryl methyl sites for hydroxylation is 1. The molecular formula is C47H58F5N6O7P. The van der Waals surface area contributed by atoms with Gasteiger partial charge >= 0.3 is 18.4 Å². The van der Waals surface area contributed by atoms with Crippen molar-refractivity contribution in [3.8, 4) is 22.7 Å². The first kappa shape index (κ1) is 52.6. The number of methoxy groups -OCH3 is 1. The summed E-state index contributed by atoms with van der Waals surface area (Å²) in [5.74, 6) is -4.93. The molecule has 2 aromatic heterocycles. The zero-order valence-corrected chi connectivity index (χ0v) is 39.3. The Morgan fingerprint density at radius 1 is 0.955 bits per heavy atom. The van der Waals surface area contributed by atoms with E-state index in [9.17, 15) is 27.6 Å². The number of likely N-dealkylation sites (tertiary alicyclic amines) is 1. The van der Waals surface area contributed by atoms with Crippen molar-refractivity contribution < 1.29 is 56.4 Å². The number of rotatable bonds is 11. The summed E-state index contributed by atoms with van der Waals surface area (Å²) in [4.78, 5) is 47.0. The van der Waals surface area contributed by atoms with Crippen molar-refractivity contribution >= 4 is 33.0 Å². The SMILES string of the molecule is CC[C@H](NC(=O)OC(C)(C)C)C(=O)N(Cc1ccc(-c2ccc(C(F)(F)F)cc2)nc1)c1cc(-c2nnc(C3CN(C(=O)OCc4ccccc4)CC(F)(F)C3)o2)ccc1C.COC.CP.[HH]. The Kier molecular flexibility index (Phi) is 18.7. The van der Waals surface area contributed by atoms with Gasteiger partial charge in [-0.15, -0.1) is 19.4 Å². The molecule has 2 unspecified atom stereocenters. The third-order valence-corrected chi connectivity index (χ3v) is 9.74. The molecule has 0 saturated carbocycles. The Hall–Kier alpha value is -6.00. The van der Waals surface area contributed by atoms with Gasteiger partial charge in [0, 0.05) is 51.6 Å². The monoisotopic (exact) mass is 944 g/mol. The number of halogens is 5. The molecular weight excluding hydrogens is 887 g/mol. The average Bonchev–Trinajstić information content (AvgIpc) is 3.78. The Labute approximate surface area is 385 Å². The number of hydrogen-bond acceptors (Lipinski definition) is 10. The number of amides is 3. The van der Waals surface area contributed by atoms with Crippen LogP contribution in [0.25, 0.3) is 22.7 Å². The fourth-order valence-electron chi connectivity index (χ4n) is 6.72. The molecule has 5 aromatic rings. The number of hydrogen-bond donors (Lipinski definition) is 1. The lowest BCUT2D eigenvalue weighted by Crippen LogP contribution is -2.49. The van der Waals surface area contributed by atoms with Crippen LogP contribution in [0, 0.1) is 6.92 Å². The maximum absolute atomic E-state index is 15.0. The van der Waals surface area contributed by atoms with Crippen molar-refractivity contribution in [2.75, 3.05) is 38.9 Å². The van der Waals surface area contributed by atoms with Crippen LogP contribution in [-0.2, 0) is 38.3 Å². The van der Waals surface area contributed by atoms with Gasteiger partial charge in [-0.25, -0.2) is 18.4 Å². The molecule has 66 heavy (non-hydrogen) atoms. The molecule has 3 atom stereocenters. The Morgan fingerprint density at radius 2 is 1.61 bits per heavy atom. The van der Waals surface area contributed by atoms with Gasteiger partial charge in [0.2, 0.25) is 17.7 Å². The van der Waals surface area contributed by atoms with Gasteiger partial charge in [-0.05, 0) is 81.1 Å². The lowest BCUT2D eigenvalue weighted by atomic mass is 9.95. The zero-order chi connectivity index (χ0) is 48.8. The summed E-state index contributed by atoms with van der Waals surface area (Å²) in [7, 11) is 5.67. The molecule has 358 valence electrons. The number of nitrogens with one attached hydrogen (secondary N) is 1. The summed E-state index contributed by atoms with van der Waals surface area (Å²) in [6, 6.07) is 20.7. The fourth-order valence-corrected chi connectivity index (χ4v) is 6.72. The number of alkyl carbamates (subject to hydrolysis) is 1. The van der Waals surface area contributed by atoms with Crippen LogP contribution in [0.15, 0.2) is 95.5 Å². The molecule has 1 saturated heterocycles. The molecule has 0 aliphatic carbocycles. The van der Waals surface area contributed by atoms with Gasteiger partial charge in [-0.2, -0.15) is 13.2 Å². The molecule has 0 bridgehead atoms. The Bertz CT molecular complexity index is 2350. The van der Waals surface area contributed by atoms with Crippen LogP contribution in [0.1, 0.15) is 76.0 Å². The molecule has 6 rings (SSSR count). The molecule has 1 aliphatic rings. The number of carbonyl (C=O) groups excluding carboxylic acids is 3. The van der Waals surface area contributed by atoms with Crippen molar-refractivity contribution in [2.24, 2.45) is 0 Å². The number of benzene rings is 3. The van der Waals surface area contributed by atoms with Crippen molar-refractivity contribution in [2.45, 2.75) is 90.3 Å². The van der Waals surface area contributed by atoms with Gasteiger partial charge in [0.15, 0.2) is 0 Å². The van der Waals surface area contributed by atoms with Crippen LogP contribution in [0.4, 0.5) is 37.2 Å². The van der Waals surface area contributed by atoms with Gasteiger partial charge in [-0.3, -0.25) is 9.78 Å². The topological polar surface area (TPSA) is 149 Å². The summed E-state index contributed by atoms with van der Waals surface area (Å²) in [5, 5.41) is 10.9. The van der Waals surface area contributed by atoms with E-state index in [1.165, 1.54) is 23.2 Å². The van der Waals surface area contributed by atoms with Gasteiger partial charge in [-0.1, -0.05) is 68.2 Å². The van der Waals surface area contributed by atoms with Crippen LogP contribution in [-0.4, -0.2) is 89.7 Å². The van der Waals surface area contributed by atoms with E-state index in [1.54, 1.807) is 110 Å². The van der Waals surface area contributed by atoms with Gasteiger partial charge in [0.25, 0.3) is 5.92 Å². The van der Waals surface area contributed by atoms with E-state index >= 15 is 8.78 Å². The first-order chi connectivity index (χ1) is 31.2. The predicted molar refractivity (Wildman–Crippen MR) is 245 cm³/mol. The largest absolute Gasteiger partial charge is 0.445 e. The molecule has 3 amide bonds. The number of nitrogens with zero attached hydrogens (tertiary/aromatic N) is 5. The van der Waals surface area contributed by atoms with Gasteiger partial charge in [0.05, 0.1) is 30.3 Å². The number of piperidine rings is 1. The maximum atomic E-state index is 15.0. The first-order valence-electron chi connectivity index (χ1n) is 20.9. The summed E-state index contributed by atoms with van der Waals surface area (Å²) in [6.07, 6.45) is -5.15. The highest BCUT2D eigenvalue weighted by atomic mass is 31.0. The number of anilines is 1. The molecule has 1 aliphatic heterocycles. The van der Waals surface area contributed by atoms with E-state index in [-0.39, 0.29) is 39.3 Å². The third kappa shape index (κ3) is 15.0. The highest BCUT2D eigenvalue weighted by Crippen LogP contribution is 2.38. The first-order valence-corrected chi connectivity index (χ1v) is 22.0. The minimum atomic E-state index is -4.49. The van der Waals surface area contributed by atoms with Gasteiger partial charge in [0.1, 0.15) is 18.2 Å². The lowest BCUT2D eigenvalue weighted by molar-refractivity contribution is -0.137. The quantitative estimate of drug-likeness (QED) is 0.100. The maximum Gasteiger partial charge on any atom is 0.416 e. The van der Waals surface area contributed by atoms with Crippen molar-refractivity contribution in [1.82, 2.24) is 25.4 Å². The van der Waals surface area contributed by atoms with E-state index in [2.05, 4.69) is 34.5 Å². The zero-order valence-electron chi connectivity index (χ0n) is 38.1. The number of carbonyl (C=O) groups is 3. The number of ether oxygens (including phenoxy) is 3. The number of alkyl halides is 5. The molecule has 19 heteroatoms. The van der Waals surface area contributed by atoms with Gasteiger partial charge < -0.3 is 33.7 Å². The van der Waals surface area contributed by atoms with E-state index in [0.717, 1.165) is 17.0 Å². The second kappa shape index (κ2) is 23.4. The van der Waals surface area contributed by atoms with Crippen molar-refractivity contribution in [1.29, 1.82) is 0 Å². The molecule has 3 aromatic carbocycles. The minimum Gasteiger partial charge on any atom is -0.445 e. The summed E-state index contributed by atoms with van der Waals surface area (Å²) in [6.45, 7) is 9.35. The van der Waals surface area contributed by atoms with Crippen LogP contribution >= 0.6 is 9.24 Å². The molecule has 1 N–H and O–H groups in total. The normalized spacial score (nSPS) is 14.9. The smallest absolute Gasteiger partial charge is 0.416 e. The molecule has 0 radical (unpaired) electrons. The Balaban J connectivity index is 0.00000191. The fraction of sp³-hybridized carbons (Fsp3) is 0.404. The van der Waals surface area contributed by atoms with Crippen LogP contribution in [0.5, 0.6) is 0 Å². The number of aromatic nitrogens is 3. The molecule has 1 fully saturated rings. The highest BCUT2D eigenvalue weighted by molar-refractivity contribution is 7.15. The van der Waals surface area contributed by atoms with E-state index < -0.39 is 66.3 Å². The second-order valence-electron chi connectivity index (χ2n) is 16.2. The third-order valence-electron chi connectivity index (χ3n) is 9.74. The molecule has 3 heterocycles. The summed E-state index contributed by atoms with van der Waals surface area (Å²) >= 11 is 0. The average molecular weight is 945 g/mol. The van der Waals surface area contributed by atoms with Crippen LogP contribution in [0.2, 0.25) is 0 Å². The standard InChI is InChI=1S/C44H45F5N6O6.C2H6O.CH5P.H2/c1-6-34(51-40(57)61-42(3,4)5)39(56)55(23-29-13-19-35(50-22-29)30-15-17-33(18-16-30)44(47,48)49)36-20-31(14-12-27(36)2)37-52-53-38(60-37)32-21-43(45,46)26-54(24-32)41(58)59-25-28-10-8-7-9-11-28;1-3-2;1-2;/h7-20,22,32,34H,6,21,23-26H2,1-5H3,(H,51,57);1-2H3;2H2,1H3;1H/t32?,34-;;;/m0.../s1. The predicted octanol–water partition coefficient (Wildman–Crippen LogP) is 10.7. The number of pyridine rings is 1. The molecule has 0 spiro atoms. The van der Waals surface area contributed by atoms with Crippen LogP contribution in [0.3, 0.4) is 0 Å². The minimum absolute atomic E-state index is 0. The lowest BCUT2D eigenvalue weighted by Gasteiger charge is -2.35. The van der Waals surface area contributed by atoms with E-state index in [0.29, 0.717) is 39.2 Å². The van der Waals surface area contributed by atoms with Crippen molar-refractivity contribution in [3.05, 3.63) is 119 Å². The van der Waals surface area contributed by atoms with E-state index in [4.69, 9.17) is 13.9 Å². The highest BCUT2D eigenvalue weighted by Gasteiger charge is 2.45.